The van der Waals surface area contributed by atoms with E-state index in [-0.39, 0.29) is 5.91 Å². The molecule has 3 rings (SSSR count). The van der Waals surface area contributed by atoms with Crippen molar-refractivity contribution in [3.8, 4) is 10.7 Å². The van der Waals surface area contributed by atoms with Gasteiger partial charge in [-0.25, -0.2) is 0 Å². The molecule has 0 N–H and O–H groups in total. The van der Waals surface area contributed by atoms with E-state index in [0.29, 0.717) is 18.3 Å². The molecule has 0 bridgehead atoms. The molecule has 2 aromatic heterocycles. The van der Waals surface area contributed by atoms with Crippen LogP contribution >= 0.6 is 11.3 Å². The Morgan fingerprint density at radius 3 is 2.79 bits per heavy atom. The molecule has 1 aliphatic heterocycles. The van der Waals surface area contributed by atoms with Crippen LogP contribution in [0.25, 0.3) is 10.7 Å². The Hall–Kier alpha value is -1.99. The van der Waals surface area contributed by atoms with Crippen LogP contribution in [0.3, 0.4) is 0 Å². The van der Waals surface area contributed by atoms with Crippen LogP contribution in [0.4, 0.5) is 0 Å². The van der Waals surface area contributed by atoms with Gasteiger partial charge in [0, 0.05) is 31.8 Å². The first-order valence-corrected chi connectivity index (χ1v) is 9.12. The number of rotatable bonds is 5. The normalized spacial score (nSPS) is 16.6. The fourth-order valence-corrected chi connectivity index (χ4v) is 3.46. The summed E-state index contributed by atoms with van der Waals surface area (Å²) in [6.45, 7) is 7.69. The molecule has 0 unspecified atom stereocenters. The summed E-state index contributed by atoms with van der Waals surface area (Å²) in [5.74, 6) is 1.44. The number of allylic oxidation sites excluding steroid dienone is 1. The van der Waals surface area contributed by atoms with Gasteiger partial charge < -0.3 is 9.42 Å². The maximum atomic E-state index is 12.4. The van der Waals surface area contributed by atoms with Crippen LogP contribution in [0, 0.1) is 0 Å². The summed E-state index contributed by atoms with van der Waals surface area (Å²) in [6, 6.07) is 3.96. The molecule has 1 saturated heterocycles. The first-order chi connectivity index (χ1) is 11.7. The second-order valence-electron chi connectivity index (χ2n) is 5.72. The smallest absolute Gasteiger partial charge is 0.249 e. The Morgan fingerprint density at radius 2 is 2.17 bits per heavy atom. The number of aromatic nitrogens is 2. The lowest BCUT2D eigenvalue weighted by molar-refractivity contribution is -0.129. The highest BCUT2D eigenvalue weighted by molar-refractivity contribution is 7.13. The van der Waals surface area contributed by atoms with Gasteiger partial charge in [0.15, 0.2) is 0 Å². The van der Waals surface area contributed by atoms with Crippen molar-refractivity contribution in [1.29, 1.82) is 0 Å². The Balaban J connectivity index is 1.53. The minimum Gasteiger partial charge on any atom is -0.338 e. The third kappa shape index (κ3) is 3.73. The van der Waals surface area contributed by atoms with Crippen LogP contribution in [0.1, 0.15) is 26.2 Å². The largest absolute Gasteiger partial charge is 0.338 e. The molecule has 0 aliphatic carbocycles. The number of thiophene rings is 1. The van der Waals surface area contributed by atoms with E-state index in [4.69, 9.17) is 4.52 Å². The van der Waals surface area contributed by atoms with E-state index in [0.717, 1.165) is 43.1 Å². The van der Waals surface area contributed by atoms with Gasteiger partial charge in [-0.1, -0.05) is 24.2 Å². The second-order valence-corrected chi connectivity index (χ2v) is 6.67. The van der Waals surface area contributed by atoms with Gasteiger partial charge >= 0.3 is 0 Å². The van der Waals surface area contributed by atoms with Crippen LogP contribution in [-0.4, -0.2) is 52.0 Å². The van der Waals surface area contributed by atoms with Crippen molar-refractivity contribution in [2.75, 3.05) is 26.2 Å². The summed E-state index contributed by atoms with van der Waals surface area (Å²) < 4.78 is 5.35. The topological polar surface area (TPSA) is 62.5 Å². The molecule has 0 spiro atoms. The molecule has 7 heteroatoms. The van der Waals surface area contributed by atoms with E-state index in [1.807, 2.05) is 42.3 Å². The number of hydrogen-bond acceptors (Lipinski definition) is 6. The molecular weight excluding hydrogens is 324 g/mol. The molecule has 0 radical (unpaired) electrons. The molecule has 0 aromatic carbocycles. The number of hydrogen-bond donors (Lipinski definition) is 0. The van der Waals surface area contributed by atoms with Gasteiger partial charge in [0.2, 0.25) is 17.6 Å². The van der Waals surface area contributed by atoms with Crippen LogP contribution in [-0.2, 0) is 11.3 Å². The zero-order valence-corrected chi connectivity index (χ0v) is 14.9. The van der Waals surface area contributed by atoms with Crippen LogP contribution in [0.15, 0.2) is 33.7 Å². The van der Waals surface area contributed by atoms with Gasteiger partial charge in [-0.05, 0) is 24.8 Å². The fourth-order valence-electron chi connectivity index (χ4n) is 2.81. The second kappa shape index (κ2) is 7.72. The zero-order valence-electron chi connectivity index (χ0n) is 14.1. The highest BCUT2D eigenvalue weighted by atomic mass is 32.1. The average molecular weight is 346 g/mol. The minimum absolute atomic E-state index is 0.164. The van der Waals surface area contributed by atoms with Gasteiger partial charge in [0.1, 0.15) is 0 Å². The number of carbonyl (C=O) groups is 1. The molecule has 24 heavy (non-hydrogen) atoms. The highest BCUT2D eigenvalue weighted by Crippen LogP contribution is 2.21. The van der Waals surface area contributed by atoms with Gasteiger partial charge in [-0.15, -0.1) is 11.3 Å². The van der Waals surface area contributed by atoms with E-state index < -0.39 is 0 Å². The molecule has 6 nitrogen and oxygen atoms in total. The molecule has 3 heterocycles. The lowest BCUT2D eigenvalue weighted by atomic mass is 10.1. The van der Waals surface area contributed by atoms with E-state index in [1.165, 1.54) is 0 Å². The van der Waals surface area contributed by atoms with E-state index in [1.54, 1.807) is 11.3 Å². The van der Waals surface area contributed by atoms with E-state index >= 15 is 0 Å². The van der Waals surface area contributed by atoms with E-state index in [2.05, 4.69) is 15.0 Å². The maximum absolute atomic E-state index is 12.4. The lowest BCUT2D eigenvalue weighted by Crippen LogP contribution is -2.48. The maximum Gasteiger partial charge on any atom is 0.249 e. The van der Waals surface area contributed by atoms with Crippen molar-refractivity contribution in [1.82, 2.24) is 19.9 Å². The van der Waals surface area contributed by atoms with E-state index in [9.17, 15) is 4.79 Å². The van der Waals surface area contributed by atoms with Crippen molar-refractivity contribution >= 4 is 17.2 Å². The summed E-state index contributed by atoms with van der Waals surface area (Å²) in [6.07, 6.45) is 2.70. The van der Waals surface area contributed by atoms with Crippen molar-refractivity contribution in [3.63, 3.8) is 0 Å². The fraction of sp³-hybridized carbons (Fsp3) is 0.471. The van der Waals surface area contributed by atoms with Gasteiger partial charge in [-0.3, -0.25) is 9.69 Å². The molecule has 128 valence electrons. The molecule has 0 atom stereocenters. The third-order valence-corrected chi connectivity index (χ3v) is 5.10. The van der Waals surface area contributed by atoms with Crippen LogP contribution in [0.2, 0.25) is 0 Å². The zero-order chi connectivity index (χ0) is 16.9. The standard InChI is InChI=1S/C17H22N4O2S/c1-3-13(4-2)17(22)21-9-7-20(8-10-21)12-15-18-16(19-23-15)14-6-5-11-24-14/h3,5-6,11H,4,7-10,12H2,1-2H3/b13-3+. The average Bonchev–Trinajstić information content (AvgIpc) is 3.28. The van der Waals surface area contributed by atoms with Crippen molar-refractivity contribution in [2.45, 2.75) is 26.8 Å². The number of carbonyl (C=O) groups excluding carboxylic acids is 1. The number of piperazine rings is 1. The summed E-state index contributed by atoms with van der Waals surface area (Å²) in [5, 5.41) is 6.04. The van der Waals surface area contributed by atoms with Crippen LogP contribution < -0.4 is 0 Å². The lowest BCUT2D eigenvalue weighted by Gasteiger charge is -2.34. The first-order valence-electron chi connectivity index (χ1n) is 8.24. The Morgan fingerprint density at radius 1 is 1.38 bits per heavy atom. The Bertz CT molecular complexity index is 700. The van der Waals surface area contributed by atoms with Crippen molar-refractivity contribution in [3.05, 3.63) is 35.1 Å². The number of nitrogens with zero attached hydrogens (tertiary/aromatic N) is 4. The summed E-state index contributed by atoms with van der Waals surface area (Å²) in [4.78, 5) is 22.0. The summed E-state index contributed by atoms with van der Waals surface area (Å²) in [7, 11) is 0. The predicted molar refractivity (Wildman–Crippen MR) is 93.5 cm³/mol. The molecule has 2 aromatic rings. The number of amides is 1. The first kappa shape index (κ1) is 16.9. The minimum atomic E-state index is 0.164. The van der Waals surface area contributed by atoms with Gasteiger partial charge in [0.25, 0.3) is 0 Å². The quantitative estimate of drug-likeness (QED) is 0.779. The monoisotopic (exact) mass is 346 g/mol. The molecule has 0 saturated carbocycles. The Kier molecular flexibility index (Phi) is 5.42. The Labute approximate surface area is 145 Å². The van der Waals surface area contributed by atoms with Crippen LogP contribution in [0.5, 0.6) is 0 Å². The molecule has 1 aliphatic rings. The predicted octanol–water partition coefficient (Wildman–Crippen LogP) is 2.80. The SMILES string of the molecule is C/C=C(\CC)C(=O)N1CCN(Cc2nc(-c3cccs3)no2)CC1. The van der Waals surface area contributed by atoms with Gasteiger partial charge in [0.05, 0.1) is 11.4 Å². The molecule has 1 amide bonds. The van der Waals surface area contributed by atoms with Crippen molar-refractivity contribution < 1.29 is 9.32 Å². The summed E-state index contributed by atoms with van der Waals surface area (Å²) >= 11 is 1.60. The highest BCUT2D eigenvalue weighted by Gasteiger charge is 2.23. The third-order valence-electron chi connectivity index (χ3n) is 4.23. The van der Waals surface area contributed by atoms with Gasteiger partial charge in [-0.2, -0.15) is 4.98 Å². The molecule has 1 fully saturated rings. The molecular formula is C17H22N4O2S. The summed E-state index contributed by atoms with van der Waals surface area (Å²) in [5.41, 5.74) is 0.890. The van der Waals surface area contributed by atoms with Crippen molar-refractivity contribution in [2.24, 2.45) is 0 Å².